The van der Waals surface area contributed by atoms with Crippen molar-refractivity contribution in [1.29, 1.82) is 5.26 Å². The quantitative estimate of drug-likeness (QED) is 0.197. The topological polar surface area (TPSA) is 97.5 Å². The Morgan fingerprint density at radius 2 is 1.90 bits per heavy atom. The van der Waals surface area contributed by atoms with Gasteiger partial charge in [-0.3, -0.25) is 9.88 Å². The standard InChI is InChI=1S/C31H29ClN6O3S/c1-37-10-9-34-31(37)42-27-8-3-21(17-25(27)32)36-28-20(18-33)19-35-29-22-6-7-26(30(39-2)23(22)4-5-24(28)29)41-16-13-38-11-14-40-15-12-38/h3-10,17,19H,11-16H2,1-2H3,(H,35,36). The van der Waals surface area contributed by atoms with E-state index in [1.807, 2.05) is 60.3 Å². The Bertz CT molecular complexity index is 1800. The van der Waals surface area contributed by atoms with Crippen LogP contribution in [0.5, 0.6) is 11.5 Å². The molecule has 0 radical (unpaired) electrons. The van der Waals surface area contributed by atoms with E-state index in [1.54, 1.807) is 19.5 Å². The molecule has 1 fully saturated rings. The number of nitriles is 1. The second-order valence-corrected chi connectivity index (χ2v) is 11.2. The van der Waals surface area contributed by atoms with Crippen molar-refractivity contribution in [3.05, 3.63) is 71.6 Å². The molecule has 214 valence electrons. The summed E-state index contributed by atoms with van der Waals surface area (Å²) < 4.78 is 19.3. The van der Waals surface area contributed by atoms with Crippen molar-refractivity contribution in [2.45, 2.75) is 10.1 Å². The second kappa shape index (κ2) is 12.5. The Morgan fingerprint density at radius 1 is 1.10 bits per heavy atom. The number of aryl methyl sites for hydroxylation is 1. The third kappa shape index (κ3) is 5.69. The summed E-state index contributed by atoms with van der Waals surface area (Å²) in [5.74, 6) is 1.34. The molecule has 3 heterocycles. The van der Waals surface area contributed by atoms with E-state index in [9.17, 15) is 5.26 Å². The molecule has 1 aliphatic rings. The third-order valence-corrected chi connectivity index (χ3v) is 8.80. The predicted molar refractivity (Wildman–Crippen MR) is 165 cm³/mol. The number of morpholine rings is 1. The molecule has 3 aromatic carbocycles. The van der Waals surface area contributed by atoms with E-state index in [-0.39, 0.29) is 0 Å². The largest absolute Gasteiger partial charge is 0.492 e. The lowest BCUT2D eigenvalue weighted by Gasteiger charge is -2.26. The fourth-order valence-corrected chi connectivity index (χ4v) is 6.13. The van der Waals surface area contributed by atoms with Crippen LogP contribution in [-0.4, -0.2) is 66.0 Å². The highest BCUT2D eigenvalue weighted by Gasteiger charge is 2.18. The monoisotopic (exact) mass is 600 g/mol. The van der Waals surface area contributed by atoms with Crippen LogP contribution in [0.2, 0.25) is 5.02 Å². The summed E-state index contributed by atoms with van der Waals surface area (Å²) in [6.45, 7) is 4.71. The first-order valence-corrected chi connectivity index (χ1v) is 14.7. The summed E-state index contributed by atoms with van der Waals surface area (Å²) >= 11 is 8.15. The molecule has 1 N–H and O–H groups in total. The fraction of sp³-hybridized carbons (Fsp3) is 0.258. The average Bonchev–Trinajstić information content (AvgIpc) is 3.42. The van der Waals surface area contributed by atoms with Crippen molar-refractivity contribution in [3.63, 3.8) is 0 Å². The van der Waals surface area contributed by atoms with Crippen molar-refractivity contribution < 1.29 is 14.2 Å². The number of anilines is 2. The number of fused-ring (bicyclic) bond motifs is 3. The smallest absolute Gasteiger partial charge is 0.172 e. The number of benzene rings is 3. The highest BCUT2D eigenvalue weighted by molar-refractivity contribution is 7.99. The molecule has 11 heteroatoms. The van der Waals surface area contributed by atoms with E-state index in [4.69, 9.17) is 25.8 Å². The van der Waals surface area contributed by atoms with Crippen LogP contribution in [0.3, 0.4) is 0 Å². The molecule has 1 aliphatic heterocycles. The van der Waals surface area contributed by atoms with Crippen LogP contribution in [0, 0.1) is 11.3 Å². The molecule has 0 spiro atoms. The van der Waals surface area contributed by atoms with Gasteiger partial charge < -0.3 is 24.1 Å². The minimum atomic E-state index is 0.430. The zero-order valence-electron chi connectivity index (χ0n) is 23.3. The minimum absolute atomic E-state index is 0.430. The molecule has 0 aliphatic carbocycles. The predicted octanol–water partition coefficient (Wildman–Crippen LogP) is 6.26. The van der Waals surface area contributed by atoms with Crippen molar-refractivity contribution in [1.82, 2.24) is 19.4 Å². The third-order valence-electron chi connectivity index (χ3n) is 7.22. The summed E-state index contributed by atoms with van der Waals surface area (Å²) in [5, 5.41) is 17.4. The Hall–Kier alpha value is -4.01. The number of halogens is 1. The number of hydrogen-bond acceptors (Lipinski definition) is 9. The highest BCUT2D eigenvalue weighted by Crippen LogP contribution is 2.41. The number of ether oxygens (including phenoxy) is 3. The fourth-order valence-electron chi connectivity index (χ4n) is 5.03. The number of aromatic nitrogens is 3. The maximum Gasteiger partial charge on any atom is 0.172 e. The molecule has 9 nitrogen and oxygen atoms in total. The first kappa shape index (κ1) is 28.1. The summed E-state index contributed by atoms with van der Waals surface area (Å²) in [4.78, 5) is 12.3. The molecule has 0 unspecified atom stereocenters. The average molecular weight is 601 g/mol. The summed E-state index contributed by atoms with van der Waals surface area (Å²) in [6.07, 6.45) is 5.24. The van der Waals surface area contributed by atoms with Crippen molar-refractivity contribution in [2.75, 3.05) is 51.9 Å². The van der Waals surface area contributed by atoms with Gasteiger partial charge in [-0.1, -0.05) is 23.4 Å². The Kier molecular flexibility index (Phi) is 8.35. The molecule has 1 saturated heterocycles. The normalized spacial score (nSPS) is 13.8. The van der Waals surface area contributed by atoms with E-state index in [0.717, 1.165) is 70.3 Å². The van der Waals surface area contributed by atoms with Gasteiger partial charge in [-0.25, -0.2) is 4.98 Å². The second-order valence-electron chi connectivity index (χ2n) is 9.81. The Balaban J connectivity index is 1.30. The van der Waals surface area contributed by atoms with Gasteiger partial charge in [0.1, 0.15) is 12.7 Å². The molecule has 0 amide bonds. The van der Waals surface area contributed by atoms with Crippen molar-refractivity contribution in [2.24, 2.45) is 7.05 Å². The van der Waals surface area contributed by atoms with Crippen LogP contribution in [0.15, 0.2) is 71.1 Å². The van der Waals surface area contributed by atoms with E-state index in [2.05, 4.69) is 26.3 Å². The van der Waals surface area contributed by atoms with Crippen LogP contribution in [0.1, 0.15) is 5.56 Å². The van der Waals surface area contributed by atoms with Gasteiger partial charge in [0.15, 0.2) is 16.7 Å². The number of methoxy groups -OCH3 is 1. The molecule has 5 aromatic rings. The zero-order valence-corrected chi connectivity index (χ0v) is 24.8. The Morgan fingerprint density at radius 3 is 2.64 bits per heavy atom. The van der Waals surface area contributed by atoms with Crippen LogP contribution >= 0.6 is 23.4 Å². The summed E-state index contributed by atoms with van der Waals surface area (Å²) in [5.41, 5.74) is 2.60. The van der Waals surface area contributed by atoms with Gasteiger partial charge in [-0.15, -0.1) is 0 Å². The first-order chi connectivity index (χ1) is 20.6. The van der Waals surface area contributed by atoms with Crippen LogP contribution < -0.4 is 14.8 Å². The lowest BCUT2D eigenvalue weighted by molar-refractivity contribution is 0.0321. The van der Waals surface area contributed by atoms with Gasteiger partial charge in [0, 0.05) is 72.0 Å². The van der Waals surface area contributed by atoms with Gasteiger partial charge in [-0.2, -0.15) is 5.26 Å². The lowest BCUT2D eigenvalue weighted by atomic mass is 10.0. The van der Waals surface area contributed by atoms with Crippen LogP contribution in [-0.2, 0) is 11.8 Å². The van der Waals surface area contributed by atoms with Crippen LogP contribution in [0.25, 0.3) is 21.7 Å². The molecule has 42 heavy (non-hydrogen) atoms. The number of nitrogens with one attached hydrogen (secondary N) is 1. The Labute approximate surface area is 253 Å². The van der Waals surface area contributed by atoms with Crippen molar-refractivity contribution in [3.8, 4) is 17.6 Å². The number of imidazole rings is 1. The van der Waals surface area contributed by atoms with Crippen LogP contribution in [0.4, 0.5) is 11.4 Å². The molecule has 0 saturated carbocycles. The molecule has 0 atom stereocenters. The number of nitrogens with zero attached hydrogens (tertiary/aromatic N) is 5. The maximum atomic E-state index is 9.92. The van der Waals surface area contributed by atoms with E-state index in [1.165, 1.54) is 11.8 Å². The number of pyridine rings is 1. The minimum Gasteiger partial charge on any atom is -0.492 e. The van der Waals surface area contributed by atoms with E-state index in [0.29, 0.717) is 34.4 Å². The molecule has 0 bridgehead atoms. The highest BCUT2D eigenvalue weighted by atomic mass is 35.5. The van der Waals surface area contributed by atoms with E-state index >= 15 is 0 Å². The lowest BCUT2D eigenvalue weighted by Crippen LogP contribution is -2.38. The van der Waals surface area contributed by atoms with Crippen molar-refractivity contribution >= 4 is 56.4 Å². The summed E-state index contributed by atoms with van der Waals surface area (Å²) in [6, 6.07) is 15.9. The van der Waals surface area contributed by atoms with Gasteiger partial charge >= 0.3 is 0 Å². The molecule has 2 aromatic heterocycles. The number of hydrogen-bond donors (Lipinski definition) is 1. The van der Waals surface area contributed by atoms with Gasteiger partial charge in [-0.05, 0) is 42.5 Å². The maximum absolute atomic E-state index is 9.92. The van der Waals surface area contributed by atoms with Gasteiger partial charge in [0.2, 0.25) is 0 Å². The number of rotatable bonds is 9. The first-order valence-electron chi connectivity index (χ1n) is 13.5. The van der Waals surface area contributed by atoms with E-state index < -0.39 is 0 Å². The zero-order chi connectivity index (χ0) is 29.1. The SMILES string of the molecule is COc1c(OCCN2CCOCC2)ccc2c1ccc1c(Nc3ccc(Sc4nccn4C)c(Cl)c3)c(C#N)cnc12. The van der Waals surface area contributed by atoms with Gasteiger partial charge in [0.25, 0.3) is 0 Å². The van der Waals surface area contributed by atoms with Gasteiger partial charge in [0.05, 0.1) is 42.1 Å². The molecular weight excluding hydrogens is 572 g/mol. The molecular formula is C31H29ClN6O3S. The summed E-state index contributed by atoms with van der Waals surface area (Å²) in [7, 11) is 3.59. The molecule has 6 rings (SSSR count).